The Labute approximate surface area is 62.3 Å². The van der Waals surface area contributed by atoms with Gasteiger partial charge < -0.3 is 0 Å². The summed E-state index contributed by atoms with van der Waals surface area (Å²) in [5, 5.41) is 0. The van der Waals surface area contributed by atoms with Crippen LogP contribution >= 0.6 is 0 Å². The topological polar surface area (TPSA) is 0 Å². The molecule has 0 aromatic carbocycles. The van der Waals surface area contributed by atoms with Crippen LogP contribution in [-0.4, -0.2) is 0 Å². The van der Waals surface area contributed by atoms with Crippen molar-refractivity contribution in [3.63, 3.8) is 0 Å². The van der Waals surface area contributed by atoms with Gasteiger partial charge in [0, 0.05) is 0 Å². The van der Waals surface area contributed by atoms with Crippen molar-refractivity contribution in [3.05, 3.63) is 0 Å². The summed E-state index contributed by atoms with van der Waals surface area (Å²) in [7, 11) is 0. The Morgan fingerprint density at radius 1 is 1.50 bits per heavy atom. The normalized spacial score (nSPS) is 9.67. The minimum absolute atomic E-state index is 0.940. The summed E-state index contributed by atoms with van der Waals surface area (Å²) in [5.74, 6) is 0.940. The van der Waals surface area contributed by atoms with Crippen LogP contribution in [-0.2, 0) is 0 Å². The molecule has 6 heavy (non-hydrogen) atoms. The van der Waals surface area contributed by atoms with Crippen molar-refractivity contribution in [2.75, 3.05) is 0 Å². The van der Waals surface area contributed by atoms with Gasteiger partial charge in [-0.25, -0.2) is 0 Å². The van der Waals surface area contributed by atoms with Crippen molar-refractivity contribution < 1.29 is 33.7 Å². The molecule has 0 radical (unpaired) electrons. The quantitative estimate of drug-likeness (QED) is 0.653. The Morgan fingerprint density at radius 3 is 2.00 bits per heavy atom. The zero-order chi connectivity index (χ0) is 4.99. The van der Waals surface area contributed by atoms with Gasteiger partial charge in [0.2, 0.25) is 0 Å². The SMILES string of the molecule is CC(C)C[CH2][La]. The van der Waals surface area contributed by atoms with Crippen LogP contribution in [0.25, 0.3) is 0 Å². The average molecular weight is 210 g/mol. The summed E-state index contributed by atoms with van der Waals surface area (Å²) >= 11 is 1.22. The molecule has 0 amide bonds. The summed E-state index contributed by atoms with van der Waals surface area (Å²) in [6.45, 7) is 4.56. The van der Waals surface area contributed by atoms with Gasteiger partial charge in [0.1, 0.15) is 0 Å². The molecule has 0 nitrogen and oxygen atoms in total. The molecule has 0 aromatic rings. The minimum atomic E-state index is 0.940. The molecule has 0 bridgehead atoms. The van der Waals surface area contributed by atoms with E-state index >= 15 is 0 Å². The summed E-state index contributed by atoms with van der Waals surface area (Å²) < 4.78 is 1.50. The second-order valence-electron chi connectivity index (χ2n) is 1.97. The second-order valence-corrected chi connectivity index (χ2v) is 3.78. The second kappa shape index (κ2) is 4.36. The van der Waals surface area contributed by atoms with Gasteiger partial charge in [0.15, 0.2) is 0 Å². The standard InChI is InChI=1S/C5H11.La/c1-4-5(2)3;/h5H,1,4H2,2-3H3;. The van der Waals surface area contributed by atoms with Gasteiger partial charge in [-0.2, -0.15) is 0 Å². The summed E-state index contributed by atoms with van der Waals surface area (Å²) in [5.41, 5.74) is 0. The molecular formula is C5H11La. The van der Waals surface area contributed by atoms with E-state index in [0.717, 1.165) is 5.92 Å². The van der Waals surface area contributed by atoms with Crippen LogP contribution in [0.1, 0.15) is 20.3 Å². The van der Waals surface area contributed by atoms with Gasteiger partial charge in [-0.15, -0.1) is 0 Å². The number of rotatable bonds is 2. The van der Waals surface area contributed by atoms with Gasteiger partial charge in [0.05, 0.1) is 0 Å². The van der Waals surface area contributed by atoms with Crippen LogP contribution in [0, 0.1) is 39.6 Å². The zero-order valence-electron chi connectivity index (χ0n) is 4.57. The number of hydrogen-bond donors (Lipinski definition) is 0. The van der Waals surface area contributed by atoms with E-state index < -0.39 is 0 Å². The summed E-state index contributed by atoms with van der Waals surface area (Å²) in [6.07, 6.45) is 1.45. The molecule has 0 heterocycles. The third kappa shape index (κ3) is 5.19. The molecule has 0 saturated carbocycles. The molecule has 34 valence electrons. The van der Waals surface area contributed by atoms with E-state index in [-0.39, 0.29) is 0 Å². The van der Waals surface area contributed by atoms with Crippen LogP contribution in [0.4, 0.5) is 0 Å². The van der Waals surface area contributed by atoms with Crippen LogP contribution in [0.15, 0.2) is 0 Å². The molecule has 0 fully saturated rings. The first-order valence-electron chi connectivity index (χ1n) is 2.47. The third-order valence-electron chi connectivity index (χ3n) is 0.744. The molecule has 0 aliphatic carbocycles. The van der Waals surface area contributed by atoms with Crippen molar-refractivity contribution in [1.82, 2.24) is 0 Å². The maximum absolute atomic E-state index is 2.28. The number of hydrogen-bond acceptors (Lipinski definition) is 0. The van der Waals surface area contributed by atoms with Gasteiger partial charge in [-0.05, 0) is 0 Å². The van der Waals surface area contributed by atoms with Crippen molar-refractivity contribution in [3.8, 4) is 0 Å². The molecule has 0 N–H and O–H groups in total. The molecule has 0 unspecified atom stereocenters. The molecule has 0 spiro atoms. The van der Waals surface area contributed by atoms with Crippen LogP contribution in [0.2, 0.25) is 2.82 Å². The molecule has 0 aliphatic rings. The Morgan fingerprint density at radius 2 is 2.00 bits per heavy atom. The van der Waals surface area contributed by atoms with Gasteiger partial charge >= 0.3 is 62.7 Å². The fraction of sp³-hybridized carbons (Fsp3) is 1.00. The predicted molar refractivity (Wildman–Crippen MR) is 24.3 cm³/mol. The molecule has 0 aliphatic heterocycles. The van der Waals surface area contributed by atoms with Crippen molar-refractivity contribution in [1.29, 1.82) is 0 Å². The van der Waals surface area contributed by atoms with Gasteiger partial charge in [-0.1, -0.05) is 0 Å². The molecule has 0 saturated heterocycles. The first-order chi connectivity index (χ1) is 2.77. The molecule has 1 heteroatoms. The zero-order valence-corrected chi connectivity index (χ0v) is 8.19. The van der Waals surface area contributed by atoms with E-state index in [1.54, 1.807) is 0 Å². The predicted octanol–water partition coefficient (Wildman–Crippen LogP) is 2.00. The first-order valence-corrected chi connectivity index (χ1v) is 5.04. The van der Waals surface area contributed by atoms with Crippen molar-refractivity contribution in [2.45, 2.75) is 23.1 Å². The van der Waals surface area contributed by atoms with E-state index in [1.807, 2.05) is 0 Å². The van der Waals surface area contributed by atoms with E-state index in [1.165, 1.54) is 43.0 Å². The van der Waals surface area contributed by atoms with Crippen molar-refractivity contribution >= 4 is 0 Å². The molecule has 0 aromatic heterocycles. The molecule has 0 rings (SSSR count). The first kappa shape index (κ1) is 7.19. The van der Waals surface area contributed by atoms with Crippen molar-refractivity contribution in [2.24, 2.45) is 5.92 Å². The van der Waals surface area contributed by atoms with Gasteiger partial charge in [-0.3, -0.25) is 0 Å². The molecule has 0 atom stereocenters. The van der Waals surface area contributed by atoms with Crippen LogP contribution in [0.5, 0.6) is 0 Å². The maximum atomic E-state index is 2.28. The van der Waals surface area contributed by atoms with E-state index in [0.29, 0.717) is 0 Å². The van der Waals surface area contributed by atoms with Gasteiger partial charge in [0.25, 0.3) is 0 Å². The Balaban J connectivity index is 2.63. The Hall–Kier alpha value is 1.19. The van der Waals surface area contributed by atoms with Crippen LogP contribution < -0.4 is 0 Å². The summed E-state index contributed by atoms with van der Waals surface area (Å²) in [6, 6.07) is 0. The monoisotopic (exact) mass is 210 g/mol. The fourth-order valence-electron chi connectivity index (χ4n) is 0.333. The van der Waals surface area contributed by atoms with E-state index in [9.17, 15) is 0 Å². The average Bonchev–Trinajstić information content (AvgIpc) is 1.35. The summed E-state index contributed by atoms with van der Waals surface area (Å²) in [4.78, 5) is 0. The molecular weight excluding hydrogens is 199 g/mol. The third-order valence-corrected chi connectivity index (χ3v) is 1.79. The Kier molecular flexibility index (Phi) is 5.22. The Bertz CT molecular complexity index is 25.1. The van der Waals surface area contributed by atoms with E-state index in [2.05, 4.69) is 13.8 Å². The fourth-order valence-corrected chi connectivity index (χ4v) is 2.43. The van der Waals surface area contributed by atoms with E-state index in [4.69, 9.17) is 0 Å². The van der Waals surface area contributed by atoms with Crippen LogP contribution in [0.3, 0.4) is 0 Å².